The molecule has 0 bridgehead atoms. The van der Waals surface area contributed by atoms with Crippen LogP contribution in [0.3, 0.4) is 0 Å². The minimum Gasteiger partial charge on any atom is -0.353 e. The molecule has 1 N–H and O–H groups in total. The van der Waals surface area contributed by atoms with E-state index < -0.39 is 9.84 Å². The maximum Gasteiger partial charge on any atom is 0.221 e. The van der Waals surface area contributed by atoms with Gasteiger partial charge >= 0.3 is 0 Å². The molecule has 1 fully saturated rings. The molecular formula is C18H28N2O3S. The summed E-state index contributed by atoms with van der Waals surface area (Å²) in [4.78, 5) is 14.5. The molecule has 1 amide bonds. The molecule has 5 nitrogen and oxygen atoms in total. The Morgan fingerprint density at radius 1 is 1.25 bits per heavy atom. The first-order valence-corrected chi connectivity index (χ1v) is 10.5. The zero-order valence-electron chi connectivity index (χ0n) is 14.8. The molecule has 6 heteroatoms. The molecule has 24 heavy (non-hydrogen) atoms. The smallest absolute Gasteiger partial charge is 0.221 e. The normalized spacial score (nSPS) is 17.2. The molecule has 1 aromatic carbocycles. The van der Waals surface area contributed by atoms with E-state index in [9.17, 15) is 13.2 Å². The summed E-state index contributed by atoms with van der Waals surface area (Å²) in [5.74, 6) is 0.119. The molecule has 1 atom stereocenters. The molecule has 0 saturated heterocycles. The number of rotatable bonds is 7. The number of carbonyl (C=O) groups excluding carboxylic acids is 1. The SMILES string of the molecule is CC(c1ccc(S(C)(=O)=O)cc1)N(C)CCC(=O)NC1CCCC1. The van der Waals surface area contributed by atoms with Crippen LogP contribution in [0.4, 0.5) is 0 Å². The Labute approximate surface area is 145 Å². The summed E-state index contributed by atoms with van der Waals surface area (Å²) < 4.78 is 23.0. The number of amides is 1. The van der Waals surface area contributed by atoms with Crippen molar-refractivity contribution in [1.29, 1.82) is 0 Å². The Balaban J connectivity index is 1.84. The molecule has 0 aromatic heterocycles. The fourth-order valence-corrected chi connectivity index (χ4v) is 3.72. The molecule has 1 aliphatic rings. The average Bonchev–Trinajstić information content (AvgIpc) is 3.04. The quantitative estimate of drug-likeness (QED) is 0.819. The standard InChI is InChI=1S/C18H28N2O3S/c1-14(15-8-10-17(11-9-15)24(3,22)23)20(2)13-12-18(21)19-16-6-4-5-7-16/h8-11,14,16H,4-7,12-13H2,1-3H3,(H,19,21). The molecule has 0 heterocycles. The van der Waals surface area contributed by atoms with Crippen molar-refractivity contribution < 1.29 is 13.2 Å². The third-order valence-electron chi connectivity index (χ3n) is 4.86. The lowest BCUT2D eigenvalue weighted by Crippen LogP contribution is -2.35. The van der Waals surface area contributed by atoms with Gasteiger partial charge in [0.25, 0.3) is 0 Å². The zero-order valence-corrected chi connectivity index (χ0v) is 15.6. The van der Waals surface area contributed by atoms with Crippen LogP contribution in [-0.4, -0.2) is 45.1 Å². The van der Waals surface area contributed by atoms with Crippen LogP contribution < -0.4 is 5.32 Å². The summed E-state index contributed by atoms with van der Waals surface area (Å²) in [6.45, 7) is 2.73. The first kappa shape index (κ1) is 18.9. The van der Waals surface area contributed by atoms with Gasteiger partial charge in [-0.1, -0.05) is 25.0 Å². The maximum absolute atomic E-state index is 12.0. The van der Waals surface area contributed by atoms with Crippen molar-refractivity contribution in [3.63, 3.8) is 0 Å². The third-order valence-corrected chi connectivity index (χ3v) is 5.99. The Hall–Kier alpha value is -1.40. The van der Waals surface area contributed by atoms with Crippen LogP contribution in [0.1, 0.15) is 50.6 Å². The van der Waals surface area contributed by atoms with Crippen molar-refractivity contribution in [3.05, 3.63) is 29.8 Å². The molecule has 1 aliphatic carbocycles. The first-order valence-electron chi connectivity index (χ1n) is 8.57. The van der Waals surface area contributed by atoms with Gasteiger partial charge in [0.05, 0.1) is 4.90 Å². The Kier molecular flexibility index (Phi) is 6.40. The van der Waals surface area contributed by atoms with Gasteiger partial charge in [-0.05, 0) is 44.5 Å². The summed E-state index contributed by atoms with van der Waals surface area (Å²) in [5.41, 5.74) is 1.04. The maximum atomic E-state index is 12.0. The first-order chi connectivity index (χ1) is 11.3. The molecule has 0 aliphatic heterocycles. The van der Waals surface area contributed by atoms with Crippen molar-refractivity contribution in [1.82, 2.24) is 10.2 Å². The van der Waals surface area contributed by atoms with Gasteiger partial charge in [-0.15, -0.1) is 0 Å². The van der Waals surface area contributed by atoms with Gasteiger partial charge in [0.15, 0.2) is 9.84 Å². The van der Waals surface area contributed by atoms with Crippen LogP contribution in [0.2, 0.25) is 0 Å². The van der Waals surface area contributed by atoms with E-state index in [4.69, 9.17) is 0 Å². The van der Waals surface area contributed by atoms with E-state index in [2.05, 4.69) is 17.1 Å². The van der Waals surface area contributed by atoms with Gasteiger partial charge in [0, 0.05) is 31.3 Å². The average molecular weight is 353 g/mol. The Morgan fingerprint density at radius 2 is 1.83 bits per heavy atom. The number of nitrogens with zero attached hydrogens (tertiary/aromatic N) is 1. The van der Waals surface area contributed by atoms with Gasteiger partial charge in [-0.2, -0.15) is 0 Å². The lowest BCUT2D eigenvalue weighted by atomic mass is 10.1. The minimum absolute atomic E-state index is 0.119. The number of nitrogens with one attached hydrogen (secondary N) is 1. The monoisotopic (exact) mass is 352 g/mol. The van der Waals surface area contributed by atoms with Crippen LogP contribution in [0, 0.1) is 0 Å². The Bertz CT molecular complexity index is 649. The molecule has 0 spiro atoms. The summed E-state index contributed by atoms with van der Waals surface area (Å²) in [5, 5.41) is 3.10. The van der Waals surface area contributed by atoms with E-state index in [0.29, 0.717) is 23.9 Å². The lowest BCUT2D eigenvalue weighted by Gasteiger charge is -2.25. The largest absolute Gasteiger partial charge is 0.353 e. The second-order valence-corrected chi connectivity index (χ2v) is 8.81. The molecule has 1 saturated carbocycles. The van der Waals surface area contributed by atoms with Gasteiger partial charge in [-0.3, -0.25) is 9.69 Å². The fourth-order valence-electron chi connectivity index (χ4n) is 3.09. The van der Waals surface area contributed by atoms with Gasteiger partial charge < -0.3 is 5.32 Å². The van der Waals surface area contributed by atoms with Crippen molar-refractivity contribution in [2.24, 2.45) is 0 Å². The van der Waals surface area contributed by atoms with Gasteiger partial charge in [0.1, 0.15) is 0 Å². The van der Waals surface area contributed by atoms with Gasteiger partial charge in [-0.25, -0.2) is 8.42 Å². The van der Waals surface area contributed by atoms with Crippen LogP contribution in [-0.2, 0) is 14.6 Å². The number of benzene rings is 1. The molecule has 0 radical (unpaired) electrons. The number of carbonyl (C=O) groups is 1. The predicted molar refractivity (Wildman–Crippen MR) is 95.6 cm³/mol. The van der Waals surface area contributed by atoms with E-state index in [1.807, 2.05) is 19.2 Å². The molecule has 134 valence electrons. The number of sulfone groups is 1. The zero-order chi connectivity index (χ0) is 17.7. The van der Waals surface area contributed by atoms with Crippen LogP contribution >= 0.6 is 0 Å². The second-order valence-electron chi connectivity index (χ2n) is 6.80. The molecule has 1 aromatic rings. The van der Waals surface area contributed by atoms with Crippen molar-refractivity contribution in [2.75, 3.05) is 19.8 Å². The number of hydrogen-bond acceptors (Lipinski definition) is 4. The van der Waals surface area contributed by atoms with Gasteiger partial charge in [0.2, 0.25) is 5.91 Å². The third kappa shape index (κ3) is 5.31. The second kappa shape index (κ2) is 8.12. The van der Waals surface area contributed by atoms with Crippen molar-refractivity contribution >= 4 is 15.7 Å². The van der Waals surface area contributed by atoms with Crippen molar-refractivity contribution in [3.8, 4) is 0 Å². The summed E-state index contributed by atoms with van der Waals surface area (Å²) >= 11 is 0. The highest BCUT2D eigenvalue weighted by Gasteiger charge is 2.18. The van der Waals surface area contributed by atoms with Crippen LogP contribution in [0.15, 0.2) is 29.2 Å². The molecule has 2 rings (SSSR count). The highest BCUT2D eigenvalue weighted by atomic mass is 32.2. The molecular weight excluding hydrogens is 324 g/mol. The highest BCUT2D eigenvalue weighted by Crippen LogP contribution is 2.21. The fraction of sp³-hybridized carbons (Fsp3) is 0.611. The lowest BCUT2D eigenvalue weighted by molar-refractivity contribution is -0.122. The summed E-state index contributed by atoms with van der Waals surface area (Å²) in [7, 11) is -1.18. The Morgan fingerprint density at radius 3 is 2.38 bits per heavy atom. The van der Waals surface area contributed by atoms with E-state index in [1.54, 1.807) is 12.1 Å². The van der Waals surface area contributed by atoms with E-state index in [0.717, 1.165) is 18.4 Å². The number of hydrogen-bond donors (Lipinski definition) is 1. The predicted octanol–water partition coefficient (Wildman–Crippen LogP) is 2.53. The van der Waals surface area contributed by atoms with Crippen LogP contribution in [0.25, 0.3) is 0 Å². The topological polar surface area (TPSA) is 66.5 Å². The summed E-state index contributed by atoms with van der Waals surface area (Å²) in [6, 6.07) is 7.46. The molecule has 1 unspecified atom stereocenters. The minimum atomic E-state index is -3.17. The van der Waals surface area contributed by atoms with Crippen LogP contribution in [0.5, 0.6) is 0 Å². The highest BCUT2D eigenvalue weighted by molar-refractivity contribution is 7.90. The van der Waals surface area contributed by atoms with Crippen molar-refractivity contribution in [2.45, 2.75) is 56.0 Å². The van der Waals surface area contributed by atoms with E-state index in [-0.39, 0.29) is 11.9 Å². The summed E-state index contributed by atoms with van der Waals surface area (Å²) in [6.07, 6.45) is 6.32. The van der Waals surface area contributed by atoms with E-state index >= 15 is 0 Å². The van der Waals surface area contributed by atoms with E-state index in [1.165, 1.54) is 19.1 Å².